The maximum absolute atomic E-state index is 15.0. The van der Waals surface area contributed by atoms with Crippen LogP contribution < -0.4 is 15.5 Å². The Hall–Kier alpha value is -3.88. The zero-order valence-electron chi connectivity index (χ0n) is 19.5. The number of nitrogens with zero attached hydrogens (tertiary/aromatic N) is 1. The number of para-hydroxylation sites is 1. The van der Waals surface area contributed by atoms with E-state index in [1.807, 2.05) is 0 Å². The van der Waals surface area contributed by atoms with Gasteiger partial charge in [-0.1, -0.05) is 31.4 Å². The van der Waals surface area contributed by atoms with Crippen LogP contribution in [0.5, 0.6) is 0 Å². The molecule has 35 heavy (non-hydrogen) atoms. The molecule has 8 nitrogen and oxygen atoms in total. The van der Waals surface area contributed by atoms with Gasteiger partial charge in [0.15, 0.2) is 11.8 Å². The number of halogens is 1. The molecule has 1 aliphatic rings. The lowest BCUT2D eigenvalue weighted by atomic mass is 9.95. The zero-order chi connectivity index (χ0) is 24.8. The quantitative estimate of drug-likeness (QED) is 0.500. The molecule has 4 rings (SSSR count). The Labute approximate surface area is 202 Å². The Balaban J connectivity index is 1.66. The first-order chi connectivity index (χ1) is 16.9. The first-order valence-corrected chi connectivity index (χ1v) is 11.7. The lowest BCUT2D eigenvalue weighted by Gasteiger charge is -2.32. The summed E-state index contributed by atoms with van der Waals surface area (Å²) in [6.45, 7) is 1.24. The van der Waals surface area contributed by atoms with Crippen molar-refractivity contribution in [1.29, 1.82) is 0 Å². The van der Waals surface area contributed by atoms with Gasteiger partial charge in [-0.2, -0.15) is 0 Å². The summed E-state index contributed by atoms with van der Waals surface area (Å²) in [6.07, 6.45) is 6.13. The minimum Gasteiger partial charge on any atom is -0.464 e. The number of aryl methyl sites for hydroxylation is 1. The van der Waals surface area contributed by atoms with Crippen molar-refractivity contribution in [3.05, 3.63) is 77.9 Å². The summed E-state index contributed by atoms with van der Waals surface area (Å²) < 4.78 is 25.8. The highest BCUT2D eigenvalue weighted by atomic mass is 19.1. The third kappa shape index (κ3) is 5.79. The van der Waals surface area contributed by atoms with Gasteiger partial charge in [0, 0.05) is 6.04 Å². The van der Waals surface area contributed by atoms with Crippen LogP contribution in [0.15, 0.2) is 63.6 Å². The van der Waals surface area contributed by atoms with E-state index >= 15 is 0 Å². The first-order valence-electron chi connectivity index (χ1n) is 11.7. The highest BCUT2D eigenvalue weighted by molar-refractivity contribution is 6.04. The molecule has 184 valence electrons. The standard InChI is InChI=1S/C26H28FN3O5/c1-17-13-14-21(35-17)24(26(33)29-18-8-3-2-4-9-18)30(20-11-6-5-10-19(20)27)23(31)16-28-25(32)22-12-7-15-34-22/h5-7,10-15,18,24H,2-4,8-9,16H2,1H3,(H,28,32)(H,29,33)/t24-/m1/s1. The molecule has 1 fully saturated rings. The normalized spacial score (nSPS) is 14.8. The van der Waals surface area contributed by atoms with E-state index in [4.69, 9.17) is 8.83 Å². The Kier molecular flexibility index (Phi) is 7.64. The second kappa shape index (κ2) is 11.0. The van der Waals surface area contributed by atoms with Crippen LogP contribution >= 0.6 is 0 Å². The molecule has 1 saturated carbocycles. The van der Waals surface area contributed by atoms with Crippen molar-refractivity contribution in [2.24, 2.45) is 0 Å². The topological polar surface area (TPSA) is 105 Å². The second-order valence-corrected chi connectivity index (χ2v) is 8.57. The summed E-state index contributed by atoms with van der Waals surface area (Å²) in [5.74, 6) is -1.67. The summed E-state index contributed by atoms with van der Waals surface area (Å²) in [5, 5.41) is 5.50. The summed E-state index contributed by atoms with van der Waals surface area (Å²) in [4.78, 5) is 40.4. The van der Waals surface area contributed by atoms with Crippen LogP contribution in [0.3, 0.4) is 0 Å². The molecule has 1 atom stereocenters. The summed E-state index contributed by atoms with van der Waals surface area (Å²) in [6, 6.07) is 10.7. The summed E-state index contributed by atoms with van der Waals surface area (Å²) in [5.41, 5.74) is -0.0948. The monoisotopic (exact) mass is 481 g/mol. The van der Waals surface area contributed by atoms with E-state index in [0.29, 0.717) is 5.76 Å². The van der Waals surface area contributed by atoms with Gasteiger partial charge in [0.2, 0.25) is 5.91 Å². The summed E-state index contributed by atoms with van der Waals surface area (Å²) in [7, 11) is 0. The molecule has 0 unspecified atom stereocenters. The van der Waals surface area contributed by atoms with Crippen molar-refractivity contribution < 1.29 is 27.6 Å². The molecule has 0 bridgehead atoms. The second-order valence-electron chi connectivity index (χ2n) is 8.57. The van der Waals surface area contributed by atoms with E-state index in [9.17, 15) is 18.8 Å². The SMILES string of the molecule is Cc1ccc([C@H](C(=O)NC2CCCCC2)N(C(=O)CNC(=O)c2ccco2)c2ccccc2F)o1. The van der Waals surface area contributed by atoms with Crippen molar-refractivity contribution in [3.8, 4) is 0 Å². The predicted octanol–water partition coefficient (Wildman–Crippen LogP) is 4.27. The lowest BCUT2D eigenvalue weighted by Crippen LogP contribution is -2.49. The van der Waals surface area contributed by atoms with E-state index in [0.717, 1.165) is 37.0 Å². The van der Waals surface area contributed by atoms with Gasteiger partial charge in [-0.15, -0.1) is 0 Å². The van der Waals surface area contributed by atoms with Gasteiger partial charge in [-0.3, -0.25) is 19.3 Å². The minimum absolute atomic E-state index is 0.0310. The number of furan rings is 2. The first kappa shape index (κ1) is 24.3. The van der Waals surface area contributed by atoms with Crippen LogP contribution in [-0.4, -0.2) is 30.3 Å². The number of carbonyl (C=O) groups excluding carboxylic acids is 3. The predicted molar refractivity (Wildman–Crippen MR) is 126 cm³/mol. The Morgan fingerprint density at radius 1 is 1.06 bits per heavy atom. The molecule has 2 heterocycles. The molecular formula is C26H28FN3O5. The Bertz CT molecular complexity index is 1170. The van der Waals surface area contributed by atoms with E-state index in [-0.39, 0.29) is 23.2 Å². The fraction of sp³-hybridized carbons (Fsp3) is 0.346. The molecule has 1 aliphatic carbocycles. The number of benzene rings is 1. The molecule has 2 aromatic heterocycles. The van der Waals surface area contributed by atoms with Crippen LogP contribution in [0.2, 0.25) is 0 Å². The number of carbonyl (C=O) groups is 3. The number of rotatable bonds is 8. The average Bonchev–Trinajstić information content (AvgIpc) is 3.54. The third-order valence-electron chi connectivity index (χ3n) is 6.01. The molecular weight excluding hydrogens is 453 g/mol. The molecule has 3 aromatic rings. The van der Waals surface area contributed by atoms with Gasteiger partial charge >= 0.3 is 0 Å². The maximum Gasteiger partial charge on any atom is 0.287 e. The van der Waals surface area contributed by atoms with Crippen molar-refractivity contribution in [1.82, 2.24) is 10.6 Å². The molecule has 2 N–H and O–H groups in total. The lowest BCUT2D eigenvalue weighted by molar-refractivity contribution is -0.127. The van der Waals surface area contributed by atoms with Gasteiger partial charge < -0.3 is 19.5 Å². The van der Waals surface area contributed by atoms with Crippen LogP contribution in [0.1, 0.15) is 60.2 Å². The van der Waals surface area contributed by atoms with Gasteiger partial charge in [0.25, 0.3) is 11.8 Å². The molecule has 1 aromatic carbocycles. The van der Waals surface area contributed by atoms with E-state index in [1.165, 1.54) is 30.5 Å². The zero-order valence-corrected chi connectivity index (χ0v) is 19.5. The fourth-order valence-corrected chi connectivity index (χ4v) is 4.30. The number of hydrogen-bond acceptors (Lipinski definition) is 5. The van der Waals surface area contributed by atoms with Gasteiger partial charge in [0.1, 0.15) is 17.3 Å². The minimum atomic E-state index is -1.27. The average molecular weight is 482 g/mol. The Morgan fingerprint density at radius 2 is 1.83 bits per heavy atom. The van der Waals surface area contributed by atoms with Crippen molar-refractivity contribution in [2.75, 3.05) is 11.4 Å². The maximum atomic E-state index is 15.0. The largest absolute Gasteiger partial charge is 0.464 e. The molecule has 3 amide bonds. The van der Waals surface area contributed by atoms with Crippen LogP contribution in [0.4, 0.5) is 10.1 Å². The number of anilines is 1. The van der Waals surface area contributed by atoms with Crippen LogP contribution in [-0.2, 0) is 9.59 Å². The van der Waals surface area contributed by atoms with Crippen molar-refractivity contribution >= 4 is 23.4 Å². The number of hydrogen-bond donors (Lipinski definition) is 2. The highest BCUT2D eigenvalue weighted by Gasteiger charge is 2.37. The van der Waals surface area contributed by atoms with Gasteiger partial charge in [-0.25, -0.2) is 4.39 Å². The van der Waals surface area contributed by atoms with Crippen LogP contribution in [0.25, 0.3) is 0 Å². The smallest absolute Gasteiger partial charge is 0.287 e. The fourth-order valence-electron chi connectivity index (χ4n) is 4.30. The molecule has 0 saturated heterocycles. The Morgan fingerprint density at radius 3 is 2.49 bits per heavy atom. The van der Waals surface area contributed by atoms with Crippen molar-refractivity contribution in [3.63, 3.8) is 0 Å². The van der Waals surface area contributed by atoms with Crippen molar-refractivity contribution in [2.45, 2.75) is 51.1 Å². The van der Waals surface area contributed by atoms with Gasteiger partial charge in [0.05, 0.1) is 18.5 Å². The third-order valence-corrected chi connectivity index (χ3v) is 6.01. The highest BCUT2D eigenvalue weighted by Crippen LogP contribution is 2.31. The van der Waals surface area contributed by atoms with E-state index < -0.39 is 36.1 Å². The van der Waals surface area contributed by atoms with Gasteiger partial charge in [-0.05, 0) is 56.2 Å². The van der Waals surface area contributed by atoms with E-state index in [2.05, 4.69) is 10.6 Å². The van der Waals surface area contributed by atoms with E-state index in [1.54, 1.807) is 31.2 Å². The molecule has 9 heteroatoms. The molecule has 0 aliphatic heterocycles. The molecule has 0 spiro atoms. The number of amides is 3. The number of nitrogens with one attached hydrogen (secondary N) is 2. The summed E-state index contributed by atoms with van der Waals surface area (Å²) >= 11 is 0. The van der Waals surface area contributed by atoms with Crippen LogP contribution in [0, 0.1) is 12.7 Å². The molecule has 0 radical (unpaired) electrons.